The Bertz CT molecular complexity index is 572. The minimum atomic E-state index is -0.851. The molecule has 5 nitrogen and oxygen atoms in total. The molecule has 6 heteroatoms. The summed E-state index contributed by atoms with van der Waals surface area (Å²) in [5.74, 6) is -0.851. The minimum absolute atomic E-state index is 0.0225. The third kappa shape index (κ3) is 15.9. The third-order valence-corrected chi connectivity index (χ3v) is 5.72. The van der Waals surface area contributed by atoms with Gasteiger partial charge in [0.05, 0.1) is 12.1 Å². The predicted molar refractivity (Wildman–Crippen MR) is 122 cm³/mol. The summed E-state index contributed by atoms with van der Waals surface area (Å²) in [6.07, 6.45) is 23.7. The molecule has 0 unspecified atom stereocenters. The van der Waals surface area contributed by atoms with E-state index in [0.717, 1.165) is 30.7 Å². The molecule has 0 aliphatic heterocycles. The number of aromatic nitrogens is 1. The van der Waals surface area contributed by atoms with E-state index in [4.69, 9.17) is 5.11 Å². The molecule has 2 N–H and O–H groups in total. The molecule has 1 aromatic rings. The molecule has 0 aliphatic rings. The molecule has 1 rings (SSSR count). The van der Waals surface area contributed by atoms with Gasteiger partial charge in [0.25, 0.3) is 0 Å². The monoisotopic (exact) mass is 422 g/mol. The Hall–Kier alpha value is -1.69. The highest BCUT2D eigenvalue weighted by Gasteiger charge is 2.04. The molecule has 0 fully saturated rings. The van der Waals surface area contributed by atoms with Gasteiger partial charge in [-0.1, -0.05) is 76.7 Å². The summed E-state index contributed by atoms with van der Waals surface area (Å²) in [5.41, 5.74) is 0.601. The highest BCUT2D eigenvalue weighted by Crippen LogP contribution is 2.16. The van der Waals surface area contributed by atoms with E-state index in [1.165, 1.54) is 88.4 Å². The maximum atomic E-state index is 10.6. The fraction of sp³-hybridized carbons (Fsp3) is 0.696. The molecule has 0 aliphatic carbocycles. The van der Waals surface area contributed by atoms with E-state index < -0.39 is 5.97 Å². The molecule has 1 heterocycles. The maximum absolute atomic E-state index is 10.6. The fourth-order valence-corrected chi connectivity index (χ4v) is 3.95. The highest BCUT2D eigenvalue weighted by atomic mass is 32.1. The van der Waals surface area contributed by atoms with Gasteiger partial charge in [-0.3, -0.25) is 4.79 Å². The standard InChI is InChI=1S/C23H38N2O3S/c26-18-16-14-12-10-8-6-4-2-1-3-5-7-9-11-13-15-17-24-23-25-21(20-29-23)19-22(27)28/h15,17-18,20H,1-14,16,19H2,(H,24,25)(H,27,28)/b17-15+. The van der Waals surface area contributed by atoms with E-state index in [1.807, 2.05) is 6.20 Å². The number of hydrogen-bond donors (Lipinski definition) is 2. The lowest BCUT2D eigenvalue weighted by molar-refractivity contribution is -0.136. The number of rotatable bonds is 20. The lowest BCUT2D eigenvalue weighted by atomic mass is 10.0. The smallest absolute Gasteiger partial charge is 0.309 e. The van der Waals surface area contributed by atoms with Gasteiger partial charge in [-0.25, -0.2) is 4.98 Å². The quantitative estimate of drug-likeness (QED) is 0.179. The first kappa shape index (κ1) is 25.3. The number of allylic oxidation sites excluding steroid dienone is 1. The van der Waals surface area contributed by atoms with Gasteiger partial charge in [0.2, 0.25) is 0 Å². The first-order chi connectivity index (χ1) is 14.2. The Kier molecular flexibility index (Phi) is 16.0. The SMILES string of the molecule is O=CCCCCCCCCCCCCCCC/C=C/Nc1nc(CC(=O)O)cs1. The fourth-order valence-electron chi connectivity index (χ4n) is 3.26. The molecule has 0 aromatic carbocycles. The summed E-state index contributed by atoms with van der Waals surface area (Å²) in [5, 5.41) is 14.4. The van der Waals surface area contributed by atoms with Crippen molar-refractivity contribution < 1.29 is 14.7 Å². The number of unbranched alkanes of at least 4 members (excludes halogenated alkanes) is 14. The molecule has 1 aromatic heterocycles. The number of carboxylic acids is 1. The third-order valence-electron chi connectivity index (χ3n) is 4.90. The zero-order valence-electron chi connectivity index (χ0n) is 17.7. The van der Waals surface area contributed by atoms with Gasteiger partial charge in [-0.2, -0.15) is 0 Å². The number of anilines is 1. The van der Waals surface area contributed by atoms with E-state index in [2.05, 4.69) is 16.4 Å². The van der Waals surface area contributed by atoms with Crippen LogP contribution >= 0.6 is 11.3 Å². The number of hydrogen-bond acceptors (Lipinski definition) is 5. The first-order valence-corrected chi connectivity index (χ1v) is 12.1. The van der Waals surface area contributed by atoms with Crippen LogP contribution in [0.4, 0.5) is 5.13 Å². The van der Waals surface area contributed by atoms with Crippen molar-refractivity contribution in [3.05, 3.63) is 23.3 Å². The van der Waals surface area contributed by atoms with Crippen molar-refractivity contribution in [1.82, 2.24) is 4.98 Å². The van der Waals surface area contributed by atoms with Gasteiger partial charge in [0.1, 0.15) is 6.29 Å². The molecule has 0 atom stereocenters. The van der Waals surface area contributed by atoms with E-state index in [0.29, 0.717) is 5.69 Å². The van der Waals surface area contributed by atoms with Gasteiger partial charge in [-0.15, -0.1) is 11.3 Å². The summed E-state index contributed by atoms with van der Waals surface area (Å²) in [6, 6.07) is 0. The van der Waals surface area contributed by atoms with Crippen LogP contribution in [0.15, 0.2) is 17.7 Å². The number of aliphatic carboxylic acids is 1. The number of carbonyl (C=O) groups excluding carboxylic acids is 1. The Morgan fingerprint density at radius 3 is 1.93 bits per heavy atom. The Balaban J connectivity index is 1.82. The molecule has 164 valence electrons. The van der Waals surface area contributed by atoms with Crippen LogP contribution in [0.1, 0.15) is 102 Å². The van der Waals surface area contributed by atoms with Crippen molar-refractivity contribution in [2.45, 2.75) is 103 Å². The van der Waals surface area contributed by atoms with Crippen molar-refractivity contribution in [3.63, 3.8) is 0 Å². The molecule has 0 saturated carbocycles. The maximum Gasteiger partial charge on any atom is 0.309 e. The Labute approximate surface area is 180 Å². The van der Waals surface area contributed by atoms with Crippen LogP contribution in [0, 0.1) is 0 Å². The summed E-state index contributed by atoms with van der Waals surface area (Å²) in [6.45, 7) is 0. The number of thiazole rings is 1. The molecule has 0 amide bonds. The molecule has 0 radical (unpaired) electrons. The summed E-state index contributed by atoms with van der Waals surface area (Å²) >= 11 is 1.43. The van der Waals surface area contributed by atoms with Crippen LogP contribution in [0.3, 0.4) is 0 Å². The molecular formula is C23H38N2O3S. The van der Waals surface area contributed by atoms with Crippen molar-refractivity contribution in [2.24, 2.45) is 0 Å². The van der Waals surface area contributed by atoms with E-state index in [-0.39, 0.29) is 6.42 Å². The summed E-state index contributed by atoms with van der Waals surface area (Å²) in [4.78, 5) is 25.1. The minimum Gasteiger partial charge on any atom is -0.481 e. The number of nitrogens with zero attached hydrogens (tertiary/aromatic N) is 1. The first-order valence-electron chi connectivity index (χ1n) is 11.2. The summed E-state index contributed by atoms with van der Waals surface area (Å²) < 4.78 is 0. The lowest BCUT2D eigenvalue weighted by Crippen LogP contribution is -2.00. The zero-order chi connectivity index (χ0) is 21.0. The van der Waals surface area contributed by atoms with Crippen LogP contribution in [-0.4, -0.2) is 22.3 Å². The second-order valence-corrected chi connectivity index (χ2v) is 8.46. The molecule has 0 bridgehead atoms. The topological polar surface area (TPSA) is 79.3 Å². The van der Waals surface area contributed by atoms with Crippen molar-refractivity contribution in [3.8, 4) is 0 Å². The molecule has 0 saturated heterocycles. The second kappa shape index (κ2) is 18.3. The molecular weight excluding hydrogens is 384 g/mol. The predicted octanol–water partition coefficient (Wildman–Crippen LogP) is 6.75. The highest BCUT2D eigenvalue weighted by molar-refractivity contribution is 7.13. The van der Waals surface area contributed by atoms with Crippen LogP contribution < -0.4 is 5.32 Å². The van der Waals surface area contributed by atoms with Crippen molar-refractivity contribution >= 4 is 28.7 Å². The number of nitrogens with one attached hydrogen (secondary N) is 1. The molecule has 0 spiro atoms. The second-order valence-electron chi connectivity index (χ2n) is 7.60. The number of carbonyl (C=O) groups is 2. The average molecular weight is 423 g/mol. The van der Waals surface area contributed by atoms with E-state index >= 15 is 0 Å². The van der Waals surface area contributed by atoms with E-state index in [9.17, 15) is 9.59 Å². The van der Waals surface area contributed by atoms with E-state index in [1.54, 1.807) is 5.38 Å². The molecule has 29 heavy (non-hydrogen) atoms. The van der Waals surface area contributed by atoms with Crippen molar-refractivity contribution in [2.75, 3.05) is 5.32 Å². The zero-order valence-corrected chi connectivity index (χ0v) is 18.6. The number of carboxylic acid groups (broad SMARTS) is 1. The normalized spacial score (nSPS) is 11.2. The van der Waals surface area contributed by atoms with Gasteiger partial charge >= 0.3 is 5.97 Å². The van der Waals surface area contributed by atoms with Crippen LogP contribution in [0.25, 0.3) is 0 Å². The largest absolute Gasteiger partial charge is 0.481 e. The van der Waals surface area contributed by atoms with Crippen LogP contribution in [0.5, 0.6) is 0 Å². The van der Waals surface area contributed by atoms with Gasteiger partial charge in [0.15, 0.2) is 5.13 Å². The lowest BCUT2D eigenvalue weighted by Gasteiger charge is -2.02. The van der Waals surface area contributed by atoms with Crippen LogP contribution in [-0.2, 0) is 16.0 Å². The van der Waals surface area contributed by atoms with Gasteiger partial charge < -0.3 is 15.2 Å². The van der Waals surface area contributed by atoms with Crippen LogP contribution in [0.2, 0.25) is 0 Å². The Morgan fingerprint density at radius 1 is 0.897 bits per heavy atom. The Morgan fingerprint density at radius 2 is 1.41 bits per heavy atom. The summed E-state index contributed by atoms with van der Waals surface area (Å²) in [7, 11) is 0. The van der Waals surface area contributed by atoms with Gasteiger partial charge in [0, 0.05) is 11.8 Å². The van der Waals surface area contributed by atoms with Crippen molar-refractivity contribution in [1.29, 1.82) is 0 Å². The van der Waals surface area contributed by atoms with Gasteiger partial charge in [-0.05, 0) is 25.5 Å². The number of aldehydes is 1. The average Bonchev–Trinajstić information content (AvgIpc) is 3.13.